The first kappa shape index (κ1) is 12.4. The summed E-state index contributed by atoms with van der Waals surface area (Å²) < 4.78 is 2.23. The van der Waals surface area contributed by atoms with Crippen LogP contribution in [0.1, 0.15) is 43.0 Å². The van der Waals surface area contributed by atoms with Crippen molar-refractivity contribution in [2.45, 2.75) is 38.5 Å². The van der Waals surface area contributed by atoms with E-state index >= 15 is 0 Å². The minimum absolute atomic E-state index is 0.570. The van der Waals surface area contributed by atoms with Crippen molar-refractivity contribution in [3.05, 3.63) is 29.6 Å². The van der Waals surface area contributed by atoms with Crippen molar-refractivity contribution in [1.82, 2.24) is 19.6 Å². The number of aromatic nitrogens is 4. The Morgan fingerprint density at radius 1 is 1.09 bits per heavy atom. The van der Waals surface area contributed by atoms with E-state index < -0.39 is 0 Å². The number of nitrogens with zero attached hydrogens (tertiary/aromatic N) is 5. The van der Waals surface area contributed by atoms with E-state index in [2.05, 4.69) is 44.6 Å². The average Bonchev–Trinajstić information content (AvgIpc) is 3.05. The lowest BCUT2D eigenvalue weighted by Crippen LogP contribution is -2.22. The smallest absolute Gasteiger partial charge is 0.213 e. The van der Waals surface area contributed by atoms with E-state index in [0.717, 1.165) is 41.4 Å². The highest BCUT2D eigenvalue weighted by atomic mass is 15.4. The Morgan fingerprint density at radius 2 is 1.91 bits per heavy atom. The van der Waals surface area contributed by atoms with Gasteiger partial charge in [-0.25, -0.2) is 9.38 Å². The number of rotatable bonds is 2. The van der Waals surface area contributed by atoms with E-state index in [1.165, 1.54) is 31.2 Å². The van der Waals surface area contributed by atoms with Crippen LogP contribution in [0.2, 0.25) is 0 Å². The van der Waals surface area contributed by atoms with Crippen molar-refractivity contribution in [2.24, 2.45) is 0 Å². The molecule has 3 heterocycles. The molecule has 0 radical (unpaired) electrons. The Bertz CT molecular complexity index is 872. The molecule has 1 aliphatic heterocycles. The molecule has 1 aliphatic carbocycles. The van der Waals surface area contributed by atoms with E-state index in [1.54, 1.807) is 0 Å². The molecule has 112 valence electrons. The molecule has 0 atom stereocenters. The highest BCUT2D eigenvalue weighted by Gasteiger charge is 2.31. The van der Waals surface area contributed by atoms with Crippen LogP contribution < -0.4 is 4.90 Å². The molecule has 2 aliphatic rings. The van der Waals surface area contributed by atoms with Crippen LogP contribution in [0.4, 0.5) is 5.95 Å². The zero-order valence-electron chi connectivity index (χ0n) is 12.8. The molecule has 2 aromatic heterocycles. The first-order valence-electron chi connectivity index (χ1n) is 8.21. The summed E-state index contributed by atoms with van der Waals surface area (Å²) in [6, 6.07) is 6.41. The van der Waals surface area contributed by atoms with Gasteiger partial charge in [0.2, 0.25) is 5.95 Å². The van der Waals surface area contributed by atoms with Crippen molar-refractivity contribution in [3.8, 4) is 0 Å². The SMILES string of the molecule is Cc1ccc2nc(N3CCCC3)n3c(C4CC4)nnc3c2c1. The van der Waals surface area contributed by atoms with Crippen LogP contribution in [-0.4, -0.2) is 32.7 Å². The van der Waals surface area contributed by atoms with E-state index in [-0.39, 0.29) is 0 Å². The molecule has 5 nitrogen and oxygen atoms in total. The maximum absolute atomic E-state index is 4.98. The summed E-state index contributed by atoms with van der Waals surface area (Å²) in [5, 5.41) is 10.2. The lowest BCUT2D eigenvalue weighted by atomic mass is 10.1. The standard InChI is InChI=1S/C17H19N5/c1-11-4-7-14-13(10-11)16-20-19-15(12-5-6-12)22(16)17(18-14)21-8-2-3-9-21/h4,7,10,12H,2-3,5-6,8-9H2,1H3. The van der Waals surface area contributed by atoms with Crippen molar-refractivity contribution in [2.75, 3.05) is 18.0 Å². The maximum atomic E-state index is 4.98. The number of hydrogen-bond donors (Lipinski definition) is 0. The van der Waals surface area contributed by atoms with Crippen molar-refractivity contribution >= 4 is 22.5 Å². The minimum atomic E-state index is 0.570. The lowest BCUT2D eigenvalue weighted by Gasteiger charge is -2.19. The first-order valence-corrected chi connectivity index (χ1v) is 8.21. The highest BCUT2D eigenvalue weighted by Crippen LogP contribution is 2.40. The Balaban J connectivity index is 1.86. The summed E-state index contributed by atoms with van der Waals surface area (Å²) in [7, 11) is 0. The number of aryl methyl sites for hydroxylation is 1. The molecule has 5 rings (SSSR count). The van der Waals surface area contributed by atoms with Crippen LogP contribution in [0.5, 0.6) is 0 Å². The van der Waals surface area contributed by atoms with Gasteiger partial charge in [-0.3, -0.25) is 0 Å². The van der Waals surface area contributed by atoms with E-state index in [9.17, 15) is 0 Å². The molecule has 0 amide bonds. The van der Waals surface area contributed by atoms with Crippen LogP contribution in [0.15, 0.2) is 18.2 Å². The van der Waals surface area contributed by atoms with Gasteiger partial charge in [-0.05, 0) is 44.7 Å². The number of anilines is 1. The first-order chi connectivity index (χ1) is 10.8. The summed E-state index contributed by atoms with van der Waals surface area (Å²) in [5.41, 5.74) is 3.23. The Hall–Kier alpha value is -2.17. The average molecular weight is 293 g/mol. The van der Waals surface area contributed by atoms with Crippen LogP contribution >= 0.6 is 0 Å². The van der Waals surface area contributed by atoms with Gasteiger partial charge in [0.15, 0.2) is 5.65 Å². The summed E-state index contributed by atoms with van der Waals surface area (Å²) in [6.45, 7) is 4.28. The Labute approximate surface area is 129 Å². The molecule has 5 heteroatoms. The van der Waals surface area contributed by atoms with E-state index in [0.29, 0.717) is 5.92 Å². The molecule has 0 spiro atoms. The minimum Gasteiger partial charge on any atom is -0.342 e. The molecule has 2 fully saturated rings. The topological polar surface area (TPSA) is 46.3 Å². The van der Waals surface area contributed by atoms with Crippen LogP contribution in [-0.2, 0) is 0 Å². The second-order valence-electron chi connectivity index (χ2n) is 6.62. The third-order valence-electron chi connectivity index (χ3n) is 4.83. The third kappa shape index (κ3) is 1.74. The monoisotopic (exact) mass is 293 g/mol. The van der Waals surface area contributed by atoms with Gasteiger partial charge >= 0.3 is 0 Å². The number of benzene rings is 1. The molecule has 1 saturated carbocycles. The van der Waals surface area contributed by atoms with E-state index in [4.69, 9.17) is 4.98 Å². The fourth-order valence-electron chi connectivity index (χ4n) is 3.49. The summed E-state index contributed by atoms with van der Waals surface area (Å²) >= 11 is 0. The molecule has 1 aromatic carbocycles. The fourth-order valence-corrected chi connectivity index (χ4v) is 3.49. The molecule has 0 bridgehead atoms. The normalized spacial score (nSPS) is 18.7. The zero-order chi connectivity index (χ0) is 14.7. The van der Waals surface area contributed by atoms with Crippen LogP contribution in [0, 0.1) is 6.92 Å². The van der Waals surface area contributed by atoms with E-state index in [1.807, 2.05) is 0 Å². The summed E-state index contributed by atoms with van der Waals surface area (Å²) in [5.74, 6) is 2.71. The highest BCUT2D eigenvalue weighted by molar-refractivity contribution is 5.93. The van der Waals surface area contributed by atoms with Gasteiger partial charge in [-0.2, -0.15) is 0 Å². The third-order valence-corrected chi connectivity index (χ3v) is 4.83. The predicted molar refractivity (Wildman–Crippen MR) is 86.4 cm³/mol. The maximum Gasteiger partial charge on any atom is 0.213 e. The fraction of sp³-hybridized carbons (Fsp3) is 0.471. The lowest BCUT2D eigenvalue weighted by molar-refractivity contribution is 0.835. The van der Waals surface area contributed by atoms with Gasteiger partial charge < -0.3 is 4.90 Å². The number of hydrogen-bond acceptors (Lipinski definition) is 4. The molecule has 0 N–H and O–H groups in total. The zero-order valence-corrected chi connectivity index (χ0v) is 12.8. The van der Waals surface area contributed by atoms with Crippen molar-refractivity contribution < 1.29 is 0 Å². The number of fused-ring (bicyclic) bond motifs is 3. The Morgan fingerprint density at radius 3 is 2.68 bits per heavy atom. The molecule has 22 heavy (non-hydrogen) atoms. The van der Waals surface area contributed by atoms with Gasteiger partial charge in [0.1, 0.15) is 5.82 Å². The second-order valence-corrected chi connectivity index (χ2v) is 6.62. The van der Waals surface area contributed by atoms with Gasteiger partial charge in [0.25, 0.3) is 0 Å². The molecular weight excluding hydrogens is 274 g/mol. The van der Waals surface area contributed by atoms with Crippen LogP contribution in [0.25, 0.3) is 16.6 Å². The predicted octanol–water partition coefficient (Wildman–Crippen LogP) is 3.06. The van der Waals surface area contributed by atoms with Gasteiger partial charge in [-0.15, -0.1) is 10.2 Å². The summed E-state index contributed by atoms with van der Waals surface area (Å²) in [4.78, 5) is 7.37. The molecule has 1 saturated heterocycles. The van der Waals surface area contributed by atoms with Gasteiger partial charge in [-0.1, -0.05) is 11.6 Å². The second kappa shape index (κ2) is 4.41. The molecule has 3 aromatic rings. The van der Waals surface area contributed by atoms with Gasteiger partial charge in [0, 0.05) is 24.4 Å². The summed E-state index contributed by atoms with van der Waals surface area (Å²) in [6.07, 6.45) is 4.95. The van der Waals surface area contributed by atoms with Gasteiger partial charge in [0.05, 0.1) is 5.52 Å². The van der Waals surface area contributed by atoms with Crippen molar-refractivity contribution in [1.29, 1.82) is 0 Å². The molecule has 0 unspecified atom stereocenters. The van der Waals surface area contributed by atoms with Crippen molar-refractivity contribution in [3.63, 3.8) is 0 Å². The molecular formula is C17H19N5. The van der Waals surface area contributed by atoms with Crippen LogP contribution in [0.3, 0.4) is 0 Å². The largest absolute Gasteiger partial charge is 0.342 e. The quantitative estimate of drug-likeness (QED) is 0.728. The Kier molecular flexibility index (Phi) is 2.48.